The molecule has 35 heavy (non-hydrogen) atoms. The Morgan fingerprint density at radius 2 is 2.06 bits per heavy atom. The highest BCUT2D eigenvalue weighted by atomic mass is 16.2. The van der Waals surface area contributed by atoms with Gasteiger partial charge >= 0.3 is 0 Å². The number of hydrogen-bond acceptors (Lipinski definition) is 5. The van der Waals surface area contributed by atoms with Crippen LogP contribution in [0.25, 0.3) is 11.0 Å². The smallest absolute Gasteiger partial charge is 0.255 e. The lowest BCUT2D eigenvalue weighted by atomic mass is 10.1. The molecule has 2 amide bonds. The summed E-state index contributed by atoms with van der Waals surface area (Å²) in [6.45, 7) is 9.97. The lowest BCUT2D eigenvalue weighted by molar-refractivity contribution is -0.126. The number of nitrogens with zero attached hydrogens (tertiary/aromatic N) is 4. The number of rotatable bonds is 5. The molecule has 8 heteroatoms. The number of nitrogen functional groups attached to an aromatic ring is 1. The van der Waals surface area contributed by atoms with E-state index in [1.807, 2.05) is 55.7 Å². The van der Waals surface area contributed by atoms with Gasteiger partial charge in [-0.15, -0.1) is 0 Å². The van der Waals surface area contributed by atoms with Crippen LogP contribution in [0, 0.1) is 11.8 Å². The fraction of sp³-hybridized carbons (Fsp3) is 0.333. The molecule has 3 heterocycles. The number of amides is 2. The molecule has 2 aromatic heterocycles. The molecule has 0 unspecified atom stereocenters. The van der Waals surface area contributed by atoms with Crippen molar-refractivity contribution in [1.29, 1.82) is 0 Å². The maximum absolute atomic E-state index is 13.7. The SMILES string of the molecule is C=CC(=O)N1C[C@H](n2c(C#CCC)c(C(=O)N[C@H](C)c3ccccc3)c3c(N)ncnc32)C[C@@H]1C. The van der Waals surface area contributed by atoms with E-state index in [9.17, 15) is 9.59 Å². The van der Waals surface area contributed by atoms with Crippen LogP contribution in [-0.2, 0) is 4.79 Å². The molecule has 3 atom stereocenters. The van der Waals surface area contributed by atoms with Crippen molar-refractivity contribution in [2.24, 2.45) is 0 Å². The number of carbonyl (C=O) groups excluding carboxylic acids is 2. The molecule has 3 aromatic rings. The first-order valence-electron chi connectivity index (χ1n) is 11.8. The Morgan fingerprint density at radius 3 is 2.74 bits per heavy atom. The van der Waals surface area contributed by atoms with Crippen LogP contribution in [0.4, 0.5) is 5.82 Å². The van der Waals surface area contributed by atoms with Gasteiger partial charge in [-0.05, 0) is 37.8 Å². The van der Waals surface area contributed by atoms with Crippen LogP contribution in [-0.4, -0.2) is 43.8 Å². The molecule has 0 radical (unpaired) electrons. The first-order valence-corrected chi connectivity index (χ1v) is 11.8. The van der Waals surface area contributed by atoms with Gasteiger partial charge in [0.25, 0.3) is 5.91 Å². The number of aromatic nitrogens is 3. The van der Waals surface area contributed by atoms with Gasteiger partial charge in [0.05, 0.1) is 23.0 Å². The molecule has 3 N–H and O–H groups in total. The Morgan fingerprint density at radius 1 is 1.31 bits per heavy atom. The van der Waals surface area contributed by atoms with E-state index in [2.05, 4.69) is 33.7 Å². The van der Waals surface area contributed by atoms with Crippen molar-refractivity contribution in [2.45, 2.75) is 51.7 Å². The maximum atomic E-state index is 13.7. The summed E-state index contributed by atoms with van der Waals surface area (Å²) in [5, 5.41) is 3.57. The minimum atomic E-state index is -0.294. The molecule has 180 valence electrons. The normalized spacial score (nSPS) is 18.1. The van der Waals surface area contributed by atoms with E-state index in [1.165, 1.54) is 12.4 Å². The van der Waals surface area contributed by atoms with Crippen LogP contribution in [0.3, 0.4) is 0 Å². The average molecular weight is 471 g/mol. The summed E-state index contributed by atoms with van der Waals surface area (Å²) >= 11 is 0. The van der Waals surface area contributed by atoms with Crippen LogP contribution in [0.5, 0.6) is 0 Å². The second-order valence-corrected chi connectivity index (χ2v) is 8.75. The fourth-order valence-corrected chi connectivity index (χ4v) is 4.74. The van der Waals surface area contributed by atoms with E-state index >= 15 is 0 Å². The number of anilines is 1. The first kappa shape index (κ1) is 24.0. The van der Waals surface area contributed by atoms with Gasteiger partial charge in [0, 0.05) is 19.0 Å². The van der Waals surface area contributed by atoms with Crippen molar-refractivity contribution in [3.8, 4) is 11.8 Å². The maximum Gasteiger partial charge on any atom is 0.255 e. The minimum absolute atomic E-state index is 0.00416. The van der Waals surface area contributed by atoms with Gasteiger partial charge < -0.3 is 20.5 Å². The predicted molar refractivity (Wildman–Crippen MR) is 136 cm³/mol. The third kappa shape index (κ3) is 4.50. The predicted octanol–water partition coefficient (Wildman–Crippen LogP) is 3.61. The molecule has 0 aliphatic carbocycles. The van der Waals surface area contributed by atoms with Crippen molar-refractivity contribution < 1.29 is 9.59 Å². The summed E-state index contributed by atoms with van der Waals surface area (Å²) in [7, 11) is 0. The van der Waals surface area contributed by atoms with E-state index in [-0.39, 0.29) is 35.8 Å². The highest BCUT2D eigenvalue weighted by Crippen LogP contribution is 2.36. The number of benzene rings is 1. The zero-order valence-corrected chi connectivity index (χ0v) is 20.3. The van der Waals surface area contributed by atoms with E-state index in [0.29, 0.717) is 41.7 Å². The van der Waals surface area contributed by atoms with Gasteiger partial charge in [-0.2, -0.15) is 0 Å². The topological polar surface area (TPSA) is 106 Å². The van der Waals surface area contributed by atoms with Crippen LogP contribution in [0.2, 0.25) is 0 Å². The highest BCUT2D eigenvalue weighted by Gasteiger charge is 2.36. The van der Waals surface area contributed by atoms with E-state index in [0.717, 1.165) is 5.56 Å². The Kier molecular flexibility index (Phi) is 6.87. The molecule has 1 aliphatic rings. The molecular formula is C27H30N6O2. The quantitative estimate of drug-likeness (QED) is 0.438. The average Bonchev–Trinajstić information content (AvgIpc) is 3.40. The second kappa shape index (κ2) is 10.0. The van der Waals surface area contributed by atoms with Crippen LogP contribution < -0.4 is 11.1 Å². The molecule has 8 nitrogen and oxygen atoms in total. The van der Waals surface area contributed by atoms with E-state index in [4.69, 9.17) is 5.73 Å². The molecule has 1 aromatic carbocycles. The van der Waals surface area contributed by atoms with Gasteiger partial charge in [-0.25, -0.2) is 9.97 Å². The fourth-order valence-electron chi connectivity index (χ4n) is 4.74. The molecule has 0 spiro atoms. The summed E-state index contributed by atoms with van der Waals surface area (Å²) in [5.41, 5.74) is 8.73. The zero-order chi connectivity index (χ0) is 25.1. The number of carbonyl (C=O) groups is 2. The van der Waals surface area contributed by atoms with Crippen LogP contribution >= 0.6 is 0 Å². The van der Waals surface area contributed by atoms with Gasteiger partial charge in [-0.3, -0.25) is 9.59 Å². The van der Waals surface area contributed by atoms with Crippen molar-refractivity contribution in [1.82, 2.24) is 24.8 Å². The monoisotopic (exact) mass is 470 g/mol. The third-order valence-corrected chi connectivity index (χ3v) is 6.45. The van der Waals surface area contributed by atoms with Gasteiger partial charge in [-0.1, -0.05) is 49.8 Å². The molecule has 4 rings (SSSR count). The third-order valence-electron chi connectivity index (χ3n) is 6.45. The highest BCUT2D eigenvalue weighted by molar-refractivity contribution is 6.12. The molecule has 0 bridgehead atoms. The van der Waals surface area contributed by atoms with Gasteiger partial charge in [0.1, 0.15) is 23.5 Å². The molecule has 1 aliphatic heterocycles. The lowest BCUT2D eigenvalue weighted by Crippen LogP contribution is -2.32. The van der Waals surface area contributed by atoms with Crippen LogP contribution in [0.15, 0.2) is 49.3 Å². The van der Waals surface area contributed by atoms with Crippen LogP contribution in [0.1, 0.15) is 67.3 Å². The van der Waals surface area contributed by atoms with Crippen molar-refractivity contribution >= 4 is 28.7 Å². The Hall–Kier alpha value is -4.12. The molecule has 1 saturated heterocycles. The summed E-state index contributed by atoms with van der Waals surface area (Å²) in [6, 6.07) is 9.39. The van der Waals surface area contributed by atoms with E-state index < -0.39 is 0 Å². The van der Waals surface area contributed by atoms with Gasteiger partial charge in [0.15, 0.2) is 0 Å². The number of fused-ring (bicyclic) bond motifs is 1. The van der Waals surface area contributed by atoms with Crippen molar-refractivity contribution in [2.75, 3.05) is 12.3 Å². The Bertz CT molecular complexity index is 1330. The number of likely N-dealkylation sites (tertiary alicyclic amines) is 1. The lowest BCUT2D eigenvalue weighted by Gasteiger charge is -2.19. The standard InChI is InChI=1S/C27H30N6O2/c1-5-7-13-21-23(27(35)31-18(4)19-11-9-8-10-12-19)24-25(28)29-16-30-26(24)33(21)20-14-17(3)32(15-20)22(34)6-2/h6,8-12,16-18,20H,2,5,14-15H2,1,3-4H3,(H,31,35)(H2,28,29,30)/t17-,18+,20+/m0/s1. The molecule has 0 saturated carbocycles. The zero-order valence-electron chi connectivity index (χ0n) is 20.3. The summed E-state index contributed by atoms with van der Waals surface area (Å²) < 4.78 is 1.96. The van der Waals surface area contributed by atoms with Gasteiger partial charge in [0.2, 0.25) is 5.91 Å². The number of nitrogens with two attached hydrogens (primary N) is 1. The Balaban J connectivity index is 1.85. The second-order valence-electron chi connectivity index (χ2n) is 8.75. The number of hydrogen-bond donors (Lipinski definition) is 2. The molecule has 1 fully saturated rings. The van der Waals surface area contributed by atoms with E-state index in [1.54, 1.807) is 4.90 Å². The Labute approximate surface area is 205 Å². The summed E-state index contributed by atoms with van der Waals surface area (Å²) in [4.78, 5) is 36.6. The minimum Gasteiger partial charge on any atom is -0.383 e. The number of nitrogens with one attached hydrogen (secondary N) is 1. The van der Waals surface area contributed by atoms with Crippen molar-refractivity contribution in [3.05, 3.63) is 66.1 Å². The molecular weight excluding hydrogens is 440 g/mol. The summed E-state index contributed by atoms with van der Waals surface area (Å²) in [5.74, 6) is 6.11. The van der Waals surface area contributed by atoms with Crippen molar-refractivity contribution in [3.63, 3.8) is 0 Å². The summed E-state index contributed by atoms with van der Waals surface area (Å²) in [6.07, 6.45) is 4.03. The largest absolute Gasteiger partial charge is 0.383 e. The first-order chi connectivity index (χ1) is 16.9.